The highest BCUT2D eigenvalue weighted by molar-refractivity contribution is 5.67. The van der Waals surface area contributed by atoms with Crippen molar-refractivity contribution in [2.75, 3.05) is 39.3 Å². The SMILES string of the molecule is CCNCCN1CCC(CCNC(=O)OC(C)(C)C)C1. The zero-order valence-electron chi connectivity index (χ0n) is 13.5. The van der Waals surface area contributed by atoms with E-state index in [1.54, 1.807) is 0 Å². The smallest absolute Gasteiger partial charge is 0.407 e. The number of alkyl carbamates (subject to hydrolysis) is 1. The molecule has 1 atom stereocenters. The molecule has 1 amide bonds. The van der Waals surface area contributed by atoms with Crippen LogP contribution in [0.2, 0.25) is 0 Å². The molecule has 0 bridgehead atoms. The topological polar surface area (TPSA) is 53.6 Å². The number of hydrogen-bond donors (Lipinski definition) is 2. The normalized spacial score (nSPS) is 20.1. The van der Waals surface area contributed by atoms with Crippen LogP contribution in [-0.4, -0.2) is 55.9 Å². The summed E-state index contributed by atoms with van der Waals surface area (Å²) in [6.45, 7) is 14.1. The van der Waals surface area contributed by atoms with E-state index in [2.05, 4.69) is 22.5 Å². The first-order chi connectivity index (χ1) is 9.40. The van der Waals surface area contributed by atoms with Gasteiger partial charge in [-0.3, -0.25) is 0 Å². The number of nitrogens with one attached hydrogen (secondary N) is 2. The lowest BCUT2D eigenvalue weighted by Gasteiger charge is -2.20. The predicted octanol–water partition coefficient (Wildman–Crippen LogP) is 1.83. The van der Waals surface area contributed by atoms with Crippen LogP contribution in [0, 0.1) is 5.92 Å². The fraction of sp³-hybridized carbons (Fsp3) is 0.933. The number of amides is 1. The summed E-state index contributed by atoms with van der Waals surface area (Å²) >= 11 is 0. The number of nitrogens with zero attached hydrogens (tertiary/aromatic N) is 1. The largest absolute Gasteiger partial charge is 0.444 e. The van der Waals surface area contributed by atoms with E-state index >= 15 is 0 Å². The molecule has 1 aliphatic heterocycles. The van der Waals surface area contributed by atoms with Gasteiger partial charge < -0.3 is 20.3 Å². The Morgan fingerprint density at radius 1 is 1.35 bits per heavy atom. The summed E-state index contributed by atoms with van der Waals surface area (Å²) in [5, 5.41) is 6.20. The lowest BCUT2D eigenvalue weighted by molar-refractivity contribution is 0.0525. The lowest BCUT2D eigenvalue weighted by atomic mass is 10.1. The molecule has 118 valence electrons. The highest BCUT2D eigenvalue weighted by Gasteiger charge is 2.22. The van der Waals surface area contributed by atoms with E-state index in [0.717, 1.165) is 32.6 Å². The minimum atomic E-state index is -0.416. The minimum Gasteiger partial charge on any atom is -0.444 e. The highest BCUT2D eigenvalue weighted by Crippen LogP contribution is 2.18. The van der Waals surface area contributed by atoms with E-state index in [-0.39, 0.29) is 6.09 Å². The molecule has 1 aliphatic rings. The van der Waals surface area contributed by atoms with Gasteiger partial charge in [0.05, 0.1) is 0 Å². The molecular weight excluding hydrogens is 254 g/mol. The Hall–Kier alpha value is -0.810. The standard InChI is InChI=1S/C15H31N3O2/c1-5-16-9-11-18-10-7-13(12-18)6-8-17-14(19)20-15(2,3)4/h13,16H,5-12H2,1-4H3,(H,17,19). The molecule has 2 N–H and O–H groups in total. The molecule has 1 saturated heterocycles. The van der Waals surface area contributed by atoms with Crippen LogP contribution in [0.3, 0.4) is 0 Å². The average Bonchev–Trinajstić information content (AvgIpc) is 2.75. The van der Waals surface area contributed by atoms with Gasteiger partial charge in [-0.05, 0) is 52.6 Å². The maximum Gasteiger partial charge on any atom is 0.407 e. The number of carbonyl (C=O) groups excluding carboxylic acids is 1. The van der Waals surface area contributed by atoms with Crippen molar-refractivity contribution in [1.29, 1.82) is 0 Å². The van der Waals surface area contributed by atoms with Crippen molar-refractivity contribution in [3.05, 3.63) is 0 Å². The first kappa shape index (κ1) is 17.2. The van der Waals surface area contributed by atoms with Gasteiger partial charge in [-0.15, -0.1) is 0 Å². The van der Waals surface area contributed by atoms with Gasteiger partial charge in [0.15, 0.2) is 0 Å². The second-order valence-electron chi connectivity index (χ2n) is 6.53. The van der Waals surface area contributed by atoms with E-state index in [9.17, 15) is 4.79 Å². The monoisotopic (exact) mass is 285 g/mol. The summed E-state index contributed by atoms with van der Waals surface area (Å²) in [6, 6.07) is 0. The van der Waals surface area contributed by atoms with Crippen molar-refractivity contribution in [3.8, 4) is 0 Å². The molecule has 0 aromatic heterocycles. The van der Waals surface area contributed by atoms with Crippen LogP contribution < -0.4 is 10.6 Å². The van der Waals surface area contributed by atoms with Gasteiger partial charge >= 0.3 is 6.09 Å². The predicted molar refractivity (Wildman–Crippen MR) is 81.9 cm³/mol. The molecule has 20 heavy (non-hydrogen) atoms. The molecule has 0 spiro atoms. The van der Waals surface area contributed by atoms with E-state index < -0.39 is 5.60 Å². The van der Waals surface area contributed by atoms with Gasteiger partial charge in [-0.2, -0.15) is 0 Å². The number of carbonyl (C=O) groups is 1. The number of likely N-dealkylation sites (tertiary alicyclic amines) is 1. The quantitative estimate of drug-likeness (QED) is 0.701. The van der Waals surface area contributed by atoms with E-state index in [1.165, 1.54) is 13.0 Å². The Kier molecular flexibility index (Phi) is 7.30. The third-order valence-electron chi connectivity index (χ3n) is 3.45. The first-order valence-electron chi connectivity index (χ1n) is 7.80. The molecule has 0 aromatic rings. The Morgan fingerprint density at radius 3 is 2.75 bits per heavy atom. The van der Waals surface area contributed by atoms with Gasteiger partial charge in [0.1, 0.15) is 5.60 Å². The van der Waals surface area contributed by atoms with Crippen molar-refractivity contribution in [2.24, 2.45) is 5.92 Å². The molecule has 0 aromatic carbocycles. The summed E-state index contributed by atoms with van der Waals surface area (Å²) in [6.07, 6.45) is 1.97. The maximum absolute atomic E-state index is 11.5. The number of likely N-dealkylation sites (N-methyl/N-ethyl adjacent to an activating group) is 1. The molecule has 1 unspecified atom stereocenters. The third-order valence-corrected chi connectivity index (χ3v) is 3.45. The molecular formula is C15H31N3O2. The molecule has 5 heteroatoms. The van der Waals surface area contributed by atoms with Gasteiger partial charge in [0, 0.05) is 26.2 Å². The van der Waals surface area contributed by atoms with Crippen molar-refractivity contribution >= 4 is 6.09 Å². The fourth-order valence-electron chi connectivity index (χ4n) is 2.46. The van der Waals surface area contributed by atoms with Crippen LogP contribution in [-0.2, 0) is 4.74 Å². The fourth-order valence-corrected chi connectivity index (χ4v) is 2.46. The van der Waals surface area contributed by atoms with Crippen molar-refractivity contribution in [3.63, 3.8) is 0 Å². The number of hydrogen-bond acceptors (Lipinski definition) is 4. The minimum absolute atomic E-state index is 0.306. The van der Waals surface area contributed by atoms with Crippen LogP contribution in [0.1, 0.15) is 40.5 Å². The Labute approximate surface area is 123 Å². The molecule has 5 nitrogen and oxygen atoms in total. The molecule has 0 aliphatic carbocycles. The highest BCUT2D eigenvalue weighted by atomic mass is 16.6. The van der Waals surface area contributed by atoms with Crippen LogP contribution in [0.5, 0.6) is 0 Å². The number of rotatable bonds is 7. The van der Waals surface area contributed by atoms with Crippen LogP contribution in [0.4, 0.5) is 4.79 Å². The van der Waals surface area contributed by atoms with E-state index in [4.69, 9.17) is 4.74 Å². The molecule has 0 radical (unpaired) electrons. The zero-order valence-corrected chi connectivity index (χ0v) is 13.5. The number of ether oxygens (including phenoxy) is 1. The summed E-state index contributed by atoms with van der Waals surface area (Å²) in [5.74, 6) is 0.701. The Bertz CT molecular complexity index is 289. The Balaban J connectivity index is 2.07. The second kappa shape index (κ2) is 8.47. The second-order valence-corrected chi connectivity index (χ2v) is 6.53. The third kappa shape index (κ3) is 7.70. The molecule has 1 fully saturated rings. The van der Waals surface area contributed by atoms with Crippen LogP contribution in [0.15, 0.2) is 0 Å². The van der Waals surface area contributed by atoms with Gasteiger partial charge in [0.2, 0.25) is 0 Å². The van der Waals surface area contributed by atoms with Crippen LogP contribution in [0.25, 0.3) is 0 Å². The average molecular weight is 285 g/mol. The van der Waals surface area contributed by atoms with Gasteiger partial charge in [-0.1, -0.05) is 6.92 Å². The van der Waals surface area contributed by atoms with Crippen molar-refractivity contribution in [1.82, 2.24) is 15.5 Å². The Morgan fingerprint density at radius 2 is 2.10 bits per heavy atom. The molecule has 1 rings (SSSR count). The van der Waals surface area contributed by atoms with Gasteiger partial charge in [-0.25, -0.2) is 4.79 Å². The maximum atomic E-state index is 11.5. The molecule has 0 saturated carbocycles. The summed E-state index contributed by atoms with van der Waals surface area (Å²) in [7, 11) is 0. The van der Waals surface area contributed by atoms with Crippen molar-refractivity contribution in [2.45, 2.75) is 46.1 Å². The summed E-state index contributed by atoms with van der Waals surface area (Å²) in [4.78, 5) is 14.0. The zero-order chi connectivity index (χ0) is 15.0. The summed E-state index contributed by atoms with van der Waals surface area (Å²) in [5.41, 5.74) is -0.416. The van der Waals surface area contributed by atoms with Crippen LogP contribution >= 0.6 is 0 Å². The molecule has 1 heterocycles. The summed E-state index contributed by atoms with van der Waals surface area (Å²) < 4.78 is 5.22. The van der Waals surface area contributed by atoms with E-state index in [1.807, 2.05) is 20.8 Å². The first-order valence-corrected chi connectivity index (χ1v) is 7.80. The lowest BCUT2D eigenvalue weighted by Crippen LogP contribution is -2.34. The van der Waals surface area contributed by atoms with Gasteiger partial charge in [0.25, 0.3) is 0 Å². The van der Waals surface area contributed by atoms with E-state index in [0.29, 0.717) is 12.5 Å². The van der Waals surface area contributed by atoms with Crippen molar-refractivity contribution < 1.29 is 9.53 Å².